The molecule has 0 aliphatic heterocycles. The molecule has 0 radical (unpaired) electrons. The zero-order chi connectivity index (χ0) is 13.8. The fourth-order valence-corrected chi connectivity index (χ4v) is 2.70. The Labute approximate surface area is 117 Å². The van der Waals surface area contributed by atoms with Crippen LogP contribution >= 0.6 is 23.2 Å². The van der Waals surface area contributed by atoms with Crippen LogP contribution in [0.3, 0.4) is 0 Å². The fourth-order valence-electron chi connectivity index (χ4n) is 1.47. The van der Waals surface area contributed by atoms with E-state index in [0.717, 1.165) is 5.56 Å². The van der Waals surface area contributed by atoms with Crippen LogP contribution in [0.5, 0.6) is 5.75 Å². The van der Waals surface area contributed by atoms with Gasteiger partial charge in [0.1, 0.15) is 5.75 Å². The largest absolute Gasteiger partial charge is 0.495 e. The van der Waals surface area contributed by atoms with E-state index in [9.17, 15) is 8.42 Å². The van der Waals surface area contributed by atoms with E-state index >= 15 is 0 Å². The molecule has 0 heterocycles. The topological polar surface area (TPSA) is 55.4 Å². The van der Waals surface area contributed by atoms with Gasteiger partial charge in [-0.05, 0) is 31.0 Å². The number of nitrogens with one attached hydrogen (secondary N) is 1. The number of sulfonamides is 1. The molecule has 1 rings (SSSR count). The van der Waals surface area contributed by atoms with Crippen molar-refractivity contribution >= 4 is 33.2 Å². The molecule has 0 aromatic heterocycles. The predicted octanol–water partition coefficient (Wildman–Crippen LogP) is 2.48. The monoisotopic (exact) mass is 311 g/mol. The van der Waals surface area contributed by atoms with Crippen LogP contribution in [0.4, 0.5) is 0 Å². The summed E-state index contributed by atoms with van der Waals surface area (Å²) in [5.74, 6) is 0.581. The Kier molecular flexibility index (Phi) is 5.72. The predicted molar refractivity (Wildman–Crippen MR) is 74.2 cm³/mol. The smallest absolute Gasteiger partial charge is 0.211 e. The molecule has 4 nitrogen and oxygen atoms in total. The van der Waals surface area contributed by atoms with Crippen LogP contribution in [-0.2, 0) is 16.4 Å². The quantitative estimate of drug-likeness (QED) is 0.878. The van der Waals surface area contributed by atoms with Gasteiger partial charge in [-0.3, -0.25) is 0 Å². The Balaban J connectivity index is 2.79. The SMILES string of the molecule is CCS(=O)(=O)NCCc1cc(Cl)cc(Cl)c1OC. The van der Waals surface area contributed by atoms with Gasteiger partial charge in [-0.2, -0.15) is 0 Å². The normalized spacial score (nSPS) is 11.6. The van der Waals surface area contributed by atoms with Crippen LogP contribution in [0.1, 0.15) is 12.5 Å². The Morgan fingerprint density at radius 1 is 1.33 bits per heavy atom. The summed E-state index contributed by atoms with van der Waals surface area (Å²) < 4.78 is 30.2. The van der Waals surface area contributed by atoms with Crippen LogP contribution in [0, 0.1) is 0 Å². The summed E-state index contributed by atoms with van der Waals surface area (Å²) in [5.41, 5.74) is 0.772. The number of benzene rings is 1. The highest BCUT2D eigenvalue weighted by molar-refractivity contribution is 7.89. The summed E-state index contributed by atoms with van der Waals surface area (Å²) in [6, 6.07) is 3.30. The lowest BCUT2D eigenvalue weighted by Gasteiger charge is -2.11. The van der Waals surface area contributed by atoms with E-state index < -0.39 is 10.0 Å². The molecule has 0 bridgehead atoms. The van der Waals surface area contributed by atoms with Crippen molar-refractivity contribution in [2.24, 2.45) is 0 Å². The van der Waals surface area contributed by atoms with Crippen molar-refractivity contribution < 1.29 is 13.2 Å². The van der Waals surface area contributed by atoms with Crippen molar-refractivity contribution in [1.82, 2.24) is 4.72 Å². The summed E-state index contributed by atoms with van der Waals surface area (Å²) >= 11 is 11.9. The molecule has 0 saturated carbocycles. The second-order valence-electron chi connectivity index (χ2n) is 3.63. The van der Waals surface area contributed by atoms with E-state index in [2.05, 4.69) is 4.72 Å². The minimum atomic E-state index is -3.19. The van der Waals surface area contributed by atoms with Gasteiger partial charge in [0, 0.05) is 11.6 Å². The molecule has 0 aliphatic rings. The third kappa shape index (κ3) is 4.31. The van der Waals surface area contributed by atoms with Gasteiger partial charge in [-0.25, -0.2) is 13.1 Å². The first-order valence-electron chi connectivity index (χ1n) is 5.39. The molecule has 0 spiro atoms. The standard InChI is InChI=1S/C11H15Cl2NO3S/c1-3-18(15,16)14-5-4-8-6-9(12)7-10(13)11(8)17-2/h6-7,14H,3-5H2,1-2H3. The van der Waals surface area contributed by atoms with Gasteiger partial charge in [0.25, 0.3) is 0 Å². The van der Waals surface area contributed by atoms with Gasteiger partial charge in [0.15, 0.2) is 0 Å². The van der Waals surface area contributed by atoms with Gasteiger partial charge in [-0.15, -0.1) is 0 Å². The van der Waals surface area contributed by atoms with Crippen LogP contribution in [-0.4, -0.2) is 27.8 Å². The molecule has 1 N–H and O–H groups in total. The molecule has 1 aromatic rings. The third-order valence-electron chi connectivity index (χ3n) is 2.39. The van der Waals surface area contributed by atoms with E-state index in [-0.39, 0.29) is 12.3 Å². The van der Waals surface area contributed by atoms with Crippen molar-refractivity contribution in [3.05, 3.63) is 27.7 Å². The van der Waals surface area contributed by atoms with Crippen LogP contribution in [0.25, 0.3) is 0 Å². The first-order chi connectivity index (χ1) is 8.39. The number of rotatable bonds is 6. The molecule has 0 fully saturated rings. The zero-order valence-electron chi connectivity index (χ0n) is 10.2. The number of hydrogen-bond acceptors (Lipinski definition) is 3. The summed E-state index contributed by atoms with van der Waals surface area (Å²) in [4.78, 5) is 0. The Bertz CT molecular complexity index is 517. The summed E-state index contributed by atoms with van der Waals surface area (Å²) in [5, 5.41) is 0.910. The van der Waals surface area contributed by atoms with Gasteiger partial charge < -0.3 is 4.74 Å². The van der Waals surface area contributed by atoms with Crippen LogP contribution < -0.4 is 9.46 Å². The van der Waals surface area contributed by atoms with Gasteiger partial charge in [0.05, 0.1) is 17.9 Å². The lowest BCUT2D eigenvalue weighted by molar-refractivity contribution is 0.410. The van der Waals surface area contributed by atoms with Crippen molar-refractivity contribution in [3.63, 3.8) is 0 Å². The zero-order valence-corrected chi connectivity index (χ0v) is 12.5. The van der Waals surface area contributed by atoms with Crippen molar-refractivity contribution in [2.45, 2.75) is 13.3 Å². The maximum absolute atomic E-state index is 11.3. The minimum absolute atomic E-state index is 0.0560. The van der Waals surface area contributed by atoms with Crippen molar-refractivity contribution in [2.75, 3.05) is 19.4 Å². The molecule has 1 aromatic carbocycles. The molecule has 18 heavy (non-hydrogen) atoms. The van der Waals surface area contributed by atoms with Gasteiger partial charge >= 0.3 is 0 Å². The number of methoxy groups -OCH3 is 1. The van der Waals surface area contributed by atoms with Crippen LogP contribution in [0.15, 0.2) is 12.1 Å². The lowest BCUT2D eigenvalue weighted by atomic mass is 10.1. The fraction of sp³-hybridized carbons (Fsp3) is 0.455. The number of halogens is 2. The molecule has 0 aliphatic carbocycles. The first kappa shape index (κ1) is 15.6. The number of ether oxygens (including phenoxy) is 1. The Morgan fingerprint density at radius 3 is 2.56 bits per heavy atom. The number of hydrogen-bond donors (Lipinski definition) is 1. The Hall–Kier alpha value is -0.490. The highest BCUT2D eigenvalue weighted by atomic mass is 35.5. The van der Waals surface area contributed by atoms with E-state index in [4.69, 9.17) is 27.9 Å². The van der Waals surface area contributed by atoms with E-state index in [0.29, 0.717) is 22.2 Å². The molecule has 7 heteroatoms. The molecule has 0 atom stereocenters. The van der Waals surface area contributed by atoms with E-state index in [1.807, 2.05) is 0 Å². The van der Waals surface area contributed by atoms with Gasteiger partial charge in [0.2, 0.25) is 10.0 Å². The van der Waals surface area contributed by atoms with Crippen molar-refractivity contribution in [3.8, 4) is 5.75 Å². The molecular weight excluding hydrogens is 297 g/mol. The maximum atomic E-state index is 11.3. The molecule has 0 saturated heterocycles. The minimum Gasteiger partial charge on any atom is -0.495 e. The highest BCUT2D eigenvalue weighted by Gasteiger charge is 2.11. The van der Waals surface area contributed by atoms with Crippen molar-refractivity contribution in [1.29, 1.82) is 0 Å². The average Bonchev–Trinajstić information content (AvgIpc) is 2.28. The van der Waals surface area contributed by atoms with Gasteiger partial charge in [-0.1, -0.05) is 23.2 Å². The summed E-state index contributed by atoms with van der Waals surface area (Å²) in [6.45, 7) is 1.86. The molecule has 0 unspecified atom stereocenters. The molecule has 102 valence electrons. The molecular formula is C11H15Cl2NO3S. The first-order valence-corrected chi connectivity index (χ1v) is 7.79. The second-order valence-corrected chi connectivity index (χ2v) is 6.57. The summed E-state index contributed by atoms with van der Waals surface area (Å²) in [7, 11) is -1.68. The summed E-state index contributed by atoms with van der Waals surface area (Å²) in [6.07, 6.45) is 0.461. The Morgan fingerprint density at radius 2 is 2.00 bits per heavy atom. The maximum Gasteiger partial charge on any atom is 0.211 e. The van der Waals surface area contributed by atoms with E-state index in [1.165, 1.54) is 7.11 Å². The van der Waals surface area contributed by atoms with Crippen LogP contribution in [0.2, 0.25) is 10.0 Å². The second kappa shape index (κ2) is 6.61. The average molecular weight is 312 g/mol. The lowest BCUT2D eigenvalue weighted by Crippen LogP contribution is -2.27. The highest BCUT2D eigenvalue weighted by Crippen LogP contribution is 2.32. The van der Waals surface area contributed by atoms with E-state index in [1.54, 1.807) is 19.1 Å². The molecule has 0 amide bonds. The third-order valence-corrected chi connectivity index (χ3v) is 4.29.